The first-order chi connectivity index (χ1) is 14.3. The van der Waals surface area contributed by atoms with Crippen LogP contribution in [0.25, 0.3) is 11.5 Å². The zero-order valence-corrected chi connectivity index (χ0v) is 17.9. The fraction of sp³-hybridized carbons (Fsp3) is 0.647. The molecule has 0 atom stereocenters. The highest BCUT2D eigenvalue weighted by Gasteiger charge is 2.29. The topological polar surface area (TPSA) is 98.2 Å². The molecule has 13 heteroatoms. The molecule has 2 aromatic heterocycles. The van der Waals surface area contributed by atoms with Gasteiger partial charge in [0, 0.05) is 39.4 Å². The van der Waals surface area contributed by atoms with Gasteiger partial charge in [-0.15, -0.1) is 10.2 Å². The Morgan fingerprint density at radius 3 is 2.27 bits per heavy atom. The molecule has 0 aromatic carbocycles. The molecule has 0 amide bonds. The zero-order valence-electron chi connectivity index (χ0n) is 17.2. The predicted octanol–water partition coefficient (Wildman–Crippen LogP) is -0.0173. The Bertz CT molecular complexity index is 823. The second-order valence-corrected chi connectivity index (χ2v) is 7.84. The van der Waals surface area contributed by atoms with Crippen molar-refractivity contribution in [2.24, 2.45) is 0 Å². The van der Waals surface area contributed by atoms with Crippen LogP contribution < -0.4 is 10.6 Å². The third-order valence-electron chi connectivity index (χ3n) is 4.87. The largest absolute Gasteiger partial charge is 0.381 e. The maximum Gasteiger partial charge on any atom is 0.226 e. The molecule has 2 aromatic rings. The van der Waals surface area contributed by atoms with Crippen LogP contribution in [0.1, 0.15) is 19.3 Å². The van der Waals surface area contributed by atoms with E-state index >= 15 is 0 Å². The third-order valence-corrected chi connectivity index (χ3v) is 5.15. The second kappa shape index (κ2) is 10.0. The smallest absolute Gasteiger partial charge is 0.226 e. The number of ether oxygens (including phenoxy) is 1. The van der Waals surface area contributed by atoms with Gasteiger partial charge in [0.25, 0.3) is 0 Å². The molecule has 4 rings (SSSR count). The lowest BCUT2D eigenvalue weighted by Crippen LogP contribution is -2.47. The first kappa shape index (κ1) is 22.9. The van der Waals surface area contributed by atoms with Gasteiger partial charge in [-0.1, -0.05) is 16.8 Å². The van der Waals surface area contributed by atoms with E-state index in [1.165, 1.54) is 30.0 Å². The van der Waals surface area contributed by atoms with E-state index in [1.807, 2.05) is 4.90 Å². The summed E-state index contributed by atoms with van der Waals surface area (Å²) in [6.45, 7) is 5.22. The lowest BCUT2D eigenvalue weighted by atomic mass is 9.49. The van der Waals surface area contributed by atoms with E-state index in [0.717, 1.165) is 39.4 Å². The van der Waals surface area contributed by atoms with Crippen LogP contribution in [0.5, 0.6) is 0 Å². The summed E-state index contributed by atoms with van der Waals surface area (Å²) in [4.78, 5) is 12.2. The number of halogens is 1. The lowest BCUT2D eigenvalue weighted by Gasteiger charge is -2.36. The van der Waals surface area contributed by atoms with E-state index in [2.05, 4.69) is 32.1 Å². The van der Waals surface area contributed by atoms with Gasteiger partial charge in [-0.25, -0.2) is 9.97 Å². The fourth-order valence-corrected chi connectivity index (χ4v) is 3.40. The summed E-state index contributed by atoms with van der Waals surface area (Å²) in [5.74, 6) is 0.733. The number of aromatic nitrogens is 5. The van der Waals surface area contributed by atoms with Crippen molar-refractivity contribution in [3.63, 3.8) is 0 Å². The fourth-order valence-electron chi connectivity index (χ4n) is 3.22. The van der Waals surface area contributed by atoms with Gasteiger partial charge >= 0.3 is 0 Å². The van der Waals surface area contributed by atoms with Gasteiger partial charge < -0.3 is 24.8 Å². The van der Waals surface area contributed by atoms with Crippen LogP contribution in [0.4, 0.5) is 11.9 Å². The van der Waals surface area contributed by atoms with Crippen molar-refractivity contribution in [1.29, 1.82) is 0 Å². The van der Waals surface area contributed by atoms with Crippen LogP contribution in [-0.4, -0.2) is 99.6 Å². The molecule has 2 aliphatic heterocycles. The predicted molar refractivity (Wildman–Crippen MR) is 120 cm³/mol. The van der Waals surface area contributed by atoms with E-state index in [1.54, 1.807) is 0 Å². The average molecular weight is 424 g/mol. The van der Waals surface area contributed by atoms with Crippen LogP contribution >= 0.6 is 11.6 Å². The molecule has 2 saturated heterocycles. The molecule has 9 nitrogen and oxygen atoms in total. The van der Waals surface area contributed by atoms with E-state index in [0.29, 0.717) is 5.95 Å². The molecule has 0 saturated carbocycles. The molecule has 0 aliphatic carbocycles. The highest BCUT2D eigenvalue weighted by molar-refractivity contribution is 6.56. The average Bonchev–Trinajstić information content (AvgIpc) is 3.18. The Morgan fingerprint density at radius 1 is 1.07 bits per heavy atom. The van der Waals surface area contributed by atoms with Crippen molar-refractivity contribution in [3.05, 3.63) is 11.2 Å². The Labute approximate surface area is 185 Å². The number of likely N-dealkylation sites (N-methyl/N-ethyl adjacent to an activating group) is 1. The minimum atomic E-state index is -1.74. The lowest BCUT2D eigenvalue weighted by molar-refractivity contribution is 0.0968. The number of hydrogen-bond acceptors (Lipinski definition) is 8. The molecule has 0 unspecified atom stereocenters. The van der Waals surface area contributed by atoms with Gasteiger partial charge in [0.2, 0.25) is 11.9 Å². The molecule has 30 heavy (non-hydrogen) atoms. The van der Waals surface area contributed by atoms with E-state index in [4.69, 9.17) is 45.6 Å². The van der Waals surface area contributed by atoms with Crippen LogP contribution in [0.15, 0.2) is 6.20 Å². The summed E-state index contributed by atoms with van der Waals surface area (Å²) in [5, 5.41) is 6.84. The van der Waals surface area contributed by atoms with Crippen molar-refractivity contribution in [2.45, 2.75) is 24.5 Å². The van der Waals surface area contributed by atoms with Crippen LogP contribution in [-0.2, 0) is 9.97 Å². The second-order valence-electron chi connectivity index (χ2n) is 7.43. The quantitative estimate of drug-likeness (QED) is 0.687. The summed E-state index contributed by atoms with van der Waals surface area (Å²) in [6, 6.07) is 0. The SMILES string of the molecule is C1CCOCC1.[B]C([B])([B])n1c(-c2nc(N)ncc2Cl)nnc1N1CCN(C)CC1. The maximum absolute atomic E-state index is 6.16. The van der Waals surface area contributed by atoms with Crippen molar-refractivity contribution in [1.82, 2.24) is 29.6 Å². The monoisotopic (exact) mass is 424 g/mol. The Kier molecular flexibility index (Phi) is 7.65. The number of nitrogen functional groups attached to an aromatic ring is 1. The standard InChI is InChI=1S/C12H14B3ClN8.C5H10O/c1-22-2-4-23(5-3-22)11-21-20-9(24(11)12(13,14)15)8-7(16)6-18-10(17)19-8;1-2-4-6-5-3-1/h6H,2-5H2,1H3,(H2,17,18,19);1-5H2. The van der Waals surface area contributed by atoms with Crippen molar-refractivity contribution >= 4 is 47.0 Å². The number of rotatable bonds is 3. The molecule has 0 spiro atoms. The number of nitrogens with two attached hydrogens (primary N) is 1. The van der Waals surface area contributed by atoms with Gasteiger partial charge in [0.1, 0.15) is 5.69 Å². The zero-order chi connectivity index (χ0) is 21.7. The number of anilines is 2. The van der Waals surface area contributed by atoms with Crippen molar-refractivity contribution < 1.29 is 4.74 Å². The normalized spacial score (nSPS) is 18.0. The molecule has 4 heterocycles. The van der Waals surface area contributed by atoms with Gasteiger partial charge in [-0.2, -0.15) is 0 Å². The van der Waals surface area contributed by atoms with Gasteiger partial charge in [0.05, 0.1) is 34.8 Å². The highest BCUT2D eigenvalue weighted by atomic mass is 35.5. The van der Waals surface area contributed by atoms with Crippen LogP contribution in [0, 0.1) is 0 Å². The summed E-state index contributed by atoms with van der Waals surface area (Å²) < 4.78 is 6.48. The van der Waals surface area contributed by atoms with E-state index in [9.17, 15) is 0 Å². The molecule has 2 fully saturated rings. The minimum Gasteiger partial charge on any atom is -0.381 e. The Morgan fingerprint density at radius 2 is 1.73 bits per heavy atom. The van der Waals surface area contributed by atoms with Gasteiger partial charge in [-0.3, -0.25) is 0 Å². The maximum atomic E-state index is 6.16. The minimum absolute atomic E-state index is 0.0433. The van der Waals surface area contributed by atoms with Crippen LogP contribution in [0.2, 0.25) is 5.02 Å². The summed E-state index contributed by atoms with van der Waals surface area (Å²) in [7, 11) is 19.9. The molecule has 2 aliphatic rings. The molecule has 6 radical (unpaired) electrons. The molecule has 0 bridgehead atoms. The third kappa shape index (κ3) is 5.68. The molecule has 2 N–H and O–H groups in total. The number of piperazine rings is 1. The van der Waals surface area contributed by atoms with Crippen molar-refractivity contribution in [2.75, 3.05) is 57.1 Å². The number of nitrogens with zero attached hydrogens (tertiary/aromatic N) is 7. The van der Waals surface area contributed by atoms with E-state index < -0.39 is 5.24 Å². The van der Waals surface area contributed by atoms with E-state index in [-0.39, 0.29) is 22.5 Å². The molecule has 154 valence electrons. The first-order valence-electron chi connectivity index (χ1n) is 9.89. The Balaban J connectivity index is 0.000000367. The molecular weight excluding hydrogens is 400 g/mol. The molecular formula is C17H24B3ClN8O. The van der Waals surface area contributed by atoms with Gasteiger partial charge in [0.15, 0.2) is 5.82 Å². The first-order valence-corrected chi connectivity index (χ1v) is 10.3. The highest BCUT2D eigenvalue weighted by Crippen LogP contribution is 2.30. The summed E-state index contributed by atoms with van der Waals surface area (Å²) >= 11 is 6.16. The van der Waals surface area contributed by atoms with Gasteiger partial charge in [-0.05, 0) is 26.3 Å². The summed E-state index contributed by atoms with van der Waals surface area (Å²) in [5.41, 5.74) is 5.91. The van der Waals surface area contributed by atoms with Crippen LogP contribution in [0.3, 0.4) is 0 Å². The summed E-state index contributed by atoms with van der Waals surface area (Å²) in [6.07, 6.45) is 5.30. The Hall–Kier alpha value is -1.78. The van der Waals surface area contributed by atoms with Crippen molar-refractivity contribution in [3.8, 4) is 11.5 Å². The number of hydrogen-bond donors (Lipinski definition) is 1.